The van der Waals surface area contributed by atoms with Crippen LogP contribution in [0.4, 0.5) is 0 Å². The third-order valence-corrected chi connectivity index (χ3v) is 3.62. The predicted octanol–water partition coefficient (Wildman–Crippen LogP) is 3.63. The van der Waals surface area contributed by atoms with Crippen molar-refractivity contribution in [3.05, 3.63) is 42.0 Å². The lowest BCUT2D eigenvalue weighted by Gasteiger charge is -2.17. The molecule has 0 amide bonds. The summed E-state index contributed by atoms with van der Waals surface area (Å²) in [7, 11) is 1.69. The average Bonchev–Trinajstić information content (AvgIpc) is 2.51. The molecule has 2 aromatic carbocycles. The van der Waals surface area contributed by atoms with Gasteiger partial charge in [0.1, 0.15) is 5.75 Å². The summed E-state index contributed by atoms with van der Waals surface area (Å²) in [5.41, 5.74) is 1.15. The van der Waals surface area contributed by atoms with Gasteiger partial charge in [0, 0.05) is 18.2 Å². The summed E-state index contributed by atoms with van der Waals surface area (Å²) in [5.74, 6) is 0.892. The van der Waals surface area contributed by atoms with E-state index in [1.165, 1.54) is 10.8 Å². The fourth-order valence-corrected chi connectivity index (χ4v) is 2.41. The topological polar surface area (TPSA) is 45.0 Å². The van der Waals surface area contributed by atoms with Gasteiger partial charge in [-0.15, -0.1) is 0 Å². The van der Waals surface area contributed by atoms with Gasteiger partial charge in [-0.1, -0.05) is 37.3 Å². The van der Waals surface area contributed by atoms with Crippen LogP contribution in [0.1, 0.15) is 25.3 Å². The van der Waals surface area contributed by atoms with Gasteiger partial charge in [0.15, 0.2) is 0 Å². The van der Waals surface area contributed by atoms with Crippen LogP contribution in [-0.2, 0) is 6.54 Å². The minimum Gasteiger partial charge on any atom is -0.496 e. The van der Waals surface area contributed by atoms with E-state index in [2.05, 4.69) is 36.5 Å². The number of hydrogen-bond acceptors (Lipinski definition) is 3. The second-order valence-corrected chi connectivity index (χ2v) is 4.82. The minimum atomic E-state index is 0.226. The Hall–Kier alpha value is -2.05. The smallest absolute Gasteiger partial charge is 0.123 e. The van der Waals surface area contributed by atoms with Gasteiger partial charge in [-0.05, 0) is 23.3 Å². The van der Waals surface area contributed by atoms with Crippen LogP contribution in [0.5, 0.6) is 5.75 Å². The molecule has 0 aliphatic rings. The van der Waals surface area contributed by atoms with Gasteiger partial charge < -0.3 is 10.1 Å². The van der Waals surface area contributed by atoms with Crippen LogP contribution in [-0.4, -0.2) is 13.2 Å². The SMILES string of the molecule is CCC(CC#N)NCc1c(OC)ccc2ccccc12. The number of nitrogens with zero attached hydrogens (tertiary/aromatic N) is 1. The van der Waals surface area contributed by atoms with E-state index in [1.807, 2.05) is 18.2 Å². The number of nitriles is 1. The maximum atomic E-state index is 8.82. The number of hydrogen-bond donors (Lipinski definition) is 1. The molecule has 1 N–H and O–H groups in total. The standard InChI is InChI=1S/C17H20N2O/c1-3-14(10-11-18)19-12-16-15-7-5-4-6-13(15)8-9-17(16)20-2/h4-9,14,19H,3,10,12H2,1-2H3. The molecule has 0 heterocycles. The number of methoxy groups -OCH3 is 1. The van der Waals surface area contributed by atoms with Crippen LogP contribution in [0.2, 0.25) is 0 Å². The molecule has 2 rings (SSSR count). The quantitative estimate of drug-likeness (QED) is 0.870. The first-order valence-electron chi connectivity index (χ1n) is 6.95. The molecule has 0 bridgehead atoms. The second-order valence-electron chi connectivity index (χ2n) is 4.82. The molecule has 20 heavy (non-hydrogen) atoms. The highest BCUT2D eigenvalue weighted by Gasteiger charge is 2.10. The van der Waals surface area contributed by atoms with Gasteiger partial charge in [-0.25, -0.2) is 0 Å². The minimum absolute atomic E-state index is 0.226. The van der Waals surface area contributed by atoms with Crippen molar-refractivity contribution in [1.82, 2.24) is 5.32 Å². The van der Waals surface area contributed by atoms with Crippen molar-refractivity contribution in [3.63, 3.8) is 0 Å². The van der Waals surface area contributed by atoms with Gasteiger partial charge in [-0.2, -0.15) is 5.26 Å². The van der Waals surface area contributed by atoms with Gasteiger partial charge in [0.05, 0.1) is 19.6 Å². The Bertz CT molecular complexity index is 616. The van der Waals surface area contributed by atoms with E-state index < -0.39 is 0 Å². The molecule has 0 aliphatic carbocycles. The van der Waals surface area contributed by atoms with E-state index >= 15 is 0 Å². The van der Waals surface area contributed by atoms with Crippen molar-refractivity contribution < 1.29 is 4.74 Å². The molecule has 0 radical (unpaired) electrons. The average molecular weight is 268 g/mol. The third kappa shape index (κ3) is 3.09. The molecule has 104 valence electrons. The lowest BCUT2D eigenvalue weighted by molar-refractivity contribution is 0.405. The van der Waals surface area contributed by atoms with Gasteiger partial charge in [0.25, 0.3) is 0 Å². The van der Waals surface area contributed by atoms with E-state index in [9.17, 15) is 0 Å². The highest BCUT2D eigenvalue weighted by Crippen LogP contribution is 2.28. The number of benzene rings is 2. The van der Waals surface area contributed by atoms with E-state index in [0.29, 0.717) is 13.0 Å². The molecule has 1 unspecified atom stereocenters. The Morgan fingerprint density at radius 2 is 2.05 bits per heavy atom. The lowest BCUT2D eigenvalue weighted by atomic mass is 10.0. The number of nitrogens with one attached hydrogen (secondary N) is 1. The molecule has 3 nitrogen and oxygen atoms in total. The van der Waals surface area contributed by atoms with E-state index in [4.69, 9.17) is 10.00 Å². The summed E-state index contributed by atoms with van der Waals surface area (Å²) in [6.07, 6.45) is 1.48. The van der Waals surface area contributed by atoms with Crippen LogP contribution in [0.3, 0.4) is 0 Å². The second kappa shape index (κ2) is 6.93. The lowest BCUT2D eigenvalue weighted by Crippen LogP contribution is -2.27. The van der Waals surface area contributed by atoms with E-state index in [0.717, 1.165) is 17.7 Å². The van der Waals surface area contributed by atoms with Crippen molar-refractivity contribution in [2.24, 2.45) is 0 Å². The summed E-state index contributed by atoms with van der Waals surface area (Å²) in [6.45, 7) is 2.81. The summed E-state index contributed by atoms with van der Waals surface area (Å²) in [6, 6.07) is 14.8. The van der Waals surface area contributed by atoms with Gasteiger partial charge >= 0.3 is 0 Å². The molecule has 0 saturated carbocycles. The molecule has 3 heteroatoms. The maximum absolute atomic E-state index is 8.82. The van der Waals surface area contributed by atoms with Gasteiger partial charge in [-0.3, -0.25) is 0 Å². The van der Waals surface area contributed by atoms with Crippen LogP contribution < -0.4 is 10.1 Å². The van der Waals surface area contributed by atoms with Crippen LogP contribution in [0, 0.1) is 11.3 Å². The third-order valence-electron chi connectivity index (χ3n) is 3.62. The number of rotatable bonds is 6. The Morgan fingerprint density at radius 1 is 1.25 bits per heavy atom. The Balaban J connectivity index is 2.29. The predicted molar refractivity (Wildman–Crippen MR) is 81.6 cm³/mol. The normalized spacial score (nSPS) is 12.1. The molecule has 0 aromatic heterocycles. The summed E-state index contributed by atoms with van der Waals surface area (Å²) in [4.78, 5) is 0. The van der Waals surface area contributed by atoms with Crippen LogP contribution >= 0.6 is 0 Å². The highest BCUT2D eigenvalue weighted by atomic mass is 16.5. The van der Waals surface area contributed by atoms with Crippen molar-refractivity contribution >= 4 is 10.8 Å². The summed E-state index contributed by atoms with van der Waals surface area (Å²) < 4.78 is 5.47. The fraction of sp³-hybridized carbons (Fsp3) is 0.353. The summed E-state index contributed by atoms with van der Waals surface area (Å²) in [5, 5.41) is 14.7. The molecule has 0 fully saturated rings. The molecular formula is C17H20N2O. The molecule has 0 saturated heterocycles. The molecular weight excluding hydrogens is 248 g/mol. The largest absolute Gasteiger partial charge is 0.496 e. The first-order valence-corrected chi connectivity index (χ1v) is 6.95. The zero-order valence-corrected chi connectivity index (χ0v) is 12.0. The molecule has 0 spiro atoms. The van der Waals surface area contributed by atoms with Crippen molar-refractivity contribution in [2.45, 2.75) is 32.4 Å². The van der Waals surface area contributed by atoms with Gasteiger partial charge in [0.2, 0.25) is 0 Å². The fourth-order valence-electron chi connectivity index (χ4n) is 2.41. The zero-order chi connectivity index (χ0) is 14.4. The summed E-state index contributed by atoms with van der Waals surface area (Å²) >= 11 is 0. The Morgan fingerprint density at radius 3 is 2.75 bits per heavy atom. The Kier molecular flexibility index (Phi) is 4.97. The first-order chi connectivity index (χ1) is 9.80. The first kappa shape index (κ1) is 14.4. The van der Waals surface area contributed by atoms with Crippen molar-refractivity contribution in [1.29, 1.82) is 5.26 Å². The highest BCUT2D eigenvalue weighted by molar-refractivity contribution is 5.87. The molecule has 2 aromatic rings. The van der Waals surface area contributed by atoms with Crippen molar-refractivity contribution in [3.8, 4) is 11.8 Å². The molecule has 1 atom stereocenters. The maximum Gasteiger partial charge on any atom is 0.123 e. The number of fused-ring (bicyclic) bond motifs is 1. The van der Waals surface area contributed by atoms with E-state index in [1.54, 1.807) is 7.11 Å². The van der Waals surface area contributed by atoms with Crippen LogP contribution in [0.15, 0.2) is 36.4 Å². The Labute approximate surface area is 120 Å². The van der Waals surface area contributed by atoms with Crippen molar-refractivity contribution in [2.75, 3.05) is 7.11 Å². The molecule has 0 aliphatic heterocycles. The van der Waals surface area contributed by atoms with E-state index in [-0.39, 0.29) is 6.04 Å². The van der Waals surface area contributed by atoms with Crippen LogP contribution in [0.25, 0.3) is 10.8 Å². The number of ether oxygens (including phenoxy) is 1. The monoisotopic (exact) mass is 268 g/mol. The zero-order valence-electron chi connectivity index (χ0n) is 12.0.